The Hall–Kier alpha value is -2.77. The Labute approximate surface area is 151 Å². The van der Waals surface area contributed by atoms with Crippen LogP contribution in [0, 0.1) is 18.3 Å². The van der Waals surface area contributed by atoms with E-state index in [0.29, 0.717) is 17.9 Å². The number of nitrogens with zero attached hydrogens (tertiary/aromatic N) is 2. The summed E-state index contributed by atoms with van der Waals surface area (Å²) >= 11 is 1.54. The second kappa shape index (κ2) is 7.87. The Morgan fingerprint density at radius 2 is 1.60 bits per heavy atom. The molecule has 0 N–H and O–H groups in total. The summed E-state index contributed by atoms with van der Waals surface area (Å²) in [5, 5.41) is 10.3. The van der Waals surface area contributed by atoms with Crippen molar-refractivity contribution in [2.75, 3.05) is 0 Å². The third-order valence-electron chi connectivity index (χ3n) is 3.97. The maximum Gasteiger partial charge on any atom is 0.252 e. The van der Waals surface area contributed by atoms with Gasteiger partial charge in [0.1, 0.15) is 6.07 Å². The van der Waals surface area contributed by atoms with Crippen molar-refractivity contribution in [3.8, 4) is 6.07 Å². The number of benzene rings is 2. The van der Waals surface area contributed by atoms with Crippen molar-refractivity contribution in [1.82, 2.24) is 4.57 Å². The first-order chi connectivity index (χ1) is 12.2. The second-order valence-corrected chi connectivity index (χ2v) is 6.77. The molecule has 0 saturated carbocycles. The van der Waals surface area contributed by atoms with Crippen LogP contribution < -0.4 is 5.56 Å². The van der Waals surface area contributed by atoms with Crippen molar-refractivity contribution in [3.05, 3.63) is 99.3 Å². The quantitative estimate of drug-likeness (QED) is 0.645. The van der Waals surface area contributed by atoms with Gasteiger partial charge in [0.25, 0.3) is 5.56 Å². The van der Waals surface area contributed by atoms with E-state index in [1.54, 1.807) is 10.6 Å². The number of nitriles is 1. The zero-order valence-corrected chi connectivity index (χ0v) is 14.8. The van der Waals surface area contributed by atoms with Crippen LogP contribution in [0.1, 0.15) is 22.3 Å². The number of aryl methyl sites for hydroxylation is 1. The molecular formula is C21H18N2OS. The van der Waals surface area contributed by atoms with Gasteiger partial charge in [-0.1, -0.05) is 60.7 Å². The van der Waals surface area contributed by atoms with E-state index in [-0.39, 0.29) is 5.56 Å². The number of pyridine rings is 1. The van der Waals surface area contributed by atoms with Gasteiger partial charge in [0, 0.05) is 11.8 Å². The smallest absolute Gasteiger partial charge is 0.252 e. The lowest BCUT2D eigenvalue weighted by Gasteiger charge is -2.15. The normalized spacial score (nSPS) is 10.4. The van der Waals surface area contributed by atoms with Gasteiger partial charge in [0.05, 0.1) is 17.1 Å². The Morgan fingerprint density at radius 3 is 2.20 bits per heavy atom. The molecule has 0 atom stereocenters. The van der Waals surface area contributed by atoms with Gasteiger partial charge in [-0.2, -0.15) is 5.26 Å². The van der Waals surface area contributed by atoms with E-state index < -0.39 is 0 Å². The molecule has 0 spiro atoms. The minimum atomic E-state index is -0.0732. The van der Waals surface area contributed by atoms with E-state index >= 15 is 0 Å². The molecule has 2 aromatic carbocycles. The first-order valence-corrected chi connectivity index (χ1v) is 9.03. The molecule has 25 heavy (non-hydrogen) atoms. The first-order valence-electron chi connectivity index (χ1n) is 8.04. The molecule has 3 rings (SSSR count). The van der Waals surface area contributed by atoms with Gasteiger partial charge >= 0.3 is 0 Å². The largest absolute Gasteiger partial charge is 0.298 e. The lowest BCUT2D eigenvalue weighted by atomic mass is 10.1. The molecule has 0 bridgehead atoms. The van der Waals surface area contributed by atoms with Crippen LogP contribution in [0.15, 0.2) is 76.6 Å². The van der Waals surface area contributed by atoms with Gasteiger partial charge in [-0.25, -0.2) is 0 Å². The van der Waals surface area contributed by atoms with Gasteiger partial charge in [0.15, 0.2) is 0 Å². The summed E-state index contributed by atoms with van der Waals surface area (Å²) in [6.07, 6.45) is 0. The van der Waals surface area contributed by atoms with Crippen LogP contribution in [0.3, 0.4) is 0 Å². The average Bonchev–Trinajstić information content (AvgIpc) is 2.64. The lowest BCUT2D eigenvalue weighted by molar-refractivity contribution is 0.679. The molecule has 124 valence electrons. The highest BCUT2D eigenvalue weighted by Crippen LogP contribution is 2.27. The molecule has 4 heteroatoms. The molecule has 0 aliphatic carbocycles. The number of thioether (sulfide) groups is 1. The number of hydrogen-bond acceptors (Lipinski definition) is 3. The Morgan fingerprint density at radius 1 is 1.00 bits per heavy atom. The van der Waals surface area contributed by atoms with Crippen molar-refractivity contribution in [2.24, 2.45) is 0 Å². The molecule has 0 aliphatic heterocycles. The van der Waals surface area contributed by atoms with Gasteiger partial charge in [0.2, 0.25) is 0 Å². The van der Waals surface area contributed by atoms with E-state index in [4.69, 9.17) is 0 Å². The van der Waals surface area contributed by atoms with Gasteiger partial charge < -0.3 is 0 Å². The molecule has 0 aliphatic rings. The van der Waals surface area contributed by atoms with Gasteiger partial charge in [-0.3, -0.25) is 9.36 Å². The van der Waals surface area contributed by atoms with E-state index in [9.17, 15) is 10.1 Å². The number of aromatic nitrogens is 1. The first kappa shape index (κ1) is 17.1. The van der Waals surface area contributed by atoms with Crippen LogP contribution >= 0.6 is 11.8 Å². The summed E-state index contributed by atoms with van der Waals surface area (Å²) in [7, 11) is 0. The third kappa shape index (κ3) is 4.01. The van der Waals surface area contributed by atoms with Crippen molar-refractivity contribution in [3.63, 3.8) is 0 Å². The molecule has 1 aromatic heterocycles. The Balaban J connectivity index is 2.01. The topological polar surface area (TPSA) is 45.8 Å². The Kier molecular flexibility index (Phi) is 5.37. The van der Waals surface area contributed by atoms with Crippen LogP contribution in [0.5, 0.6) is 0 Å². The SMILES string of the molecule is Cc1cc(=O)n(Cc2ccccc2)c(SCc2ccccc2)c1C#N. The summed E-state index contributed by atoms with van der Waals surface area (Å²) in [5.41, 5.74) is 3.44. The molecule has 1 heterocycles. The summed E-state index contributed by atoms with van der Waals surface area (Å²) in [5.74, 6) is 0.715. The summed E-state index contributed by atoms with van der Waals surface area (Å²) in [6, 6.07) is 23.7. The maximum absolute atomic E-state index is 12.6. The van der Waals surface area contributed by atoms with Crippen LogP contribution in [0.25, 0.3) is 0 Å². The molecule has 3 nitrogen and oxygen atoms in total. The zero-order chi connectivity index (χ0) is 17.6. The van der Waals surface area contributed by atoms with Gasteiger partial charge in [-0.05, 0) is 23.6 Å². The van der Waals surface area contributed by atoms with Crippen LogP contribution in [-0.2, 0) is 12.3 Å². The van der Waals surface area contributed by atoms with Crippen molar-refractivity contribution in [1.29, 1.82) is 5.26 Å². The van der Waals surface area contributed by atoms with Gasteiger partial charge in [-0.15, -0.1) is 11.8 Å². The van der Waals surface area contributed by atoms with Crippen LogP contribution in [0.2, 0.25) is 0 Å². The zero-order valence-electron chi connectivity index (χ0n) is 14.0. The van der Waals surface area contributed by atoms with Crippen LogP contribution in [-0.4, -0.2) is 4.57 Å². The van der Waals surface area contributed by atoms with E-state index in [0.717, 1.165) is 21.7 Å². The highest BCUT2D eigenvalue weighted by atomic mass is 32.2. The minimum absolute atomic E-state index is 0.0732. The molecule has 0 fully saturated rings. The standard InChI is InChI=1S/C21H18N2OS/c1-16-12-20(24)23(14-17-8-4-2-5-9-17)21(19(16)13-22)25-15-18-10-6-3-7-11-18/h2-12H,14-15H2,1H3. The number of hydrogen-bond donors (Lipinski definition) is 0. The predicted molar refractivity (Wildman–Crippen MR) is 102 cm³/mol. The van der Waals surface area contributed by atoms with E-state index in [2.05, 4.69) is 18.2 Å². The molecular weight excluding hydrogens is 328 g/mol. The lowest BCUT2D eigenvalue weighted by Crippen LogP contribution is -2.23. The van der Waals surface area contributed by atoms with Crippen molar-refractivity contribution in [2.45, 2.75) is 24.2 Å². The monoisotopic (exact) mass is 346 g/mol. The second-order valence-electron chi connectivity index (χ2n) is 5.80. The van der Waals surface area contributed by atoms with Crippen LogP contribution in [0.4, 0.5) is 0 Å². The minimum Gasteiger partial charge on any atom is -0.298 e. The fourth-order valence-corrected chi connectivity index (χ4v) is 3.82. The van der Waals surface area contributed by atoms with E-state index in [1.165, 1.54) is 11.8 Å². The maximum atomic E-state index is 12.6. The highest BCUT2D eigenvalue weighted by molar-refractivity contribution is 7.98. The Bertz CT molecular complexity index is 957. The highest BCUT2D eigenvalue weighted by Gasteiger charge is 2.14. The predicted octanol–water partition coefficient (Wildman–Crippen LogP) is 4.37. The molecule has 0 saturated heterocycles. The number of rotatable bonds is 5. The third-order valence-corrected chi connectivity index (χ3v) is 5.15. The van der Waals surface area contributed by atoms with E-state index in [1.807, 2.05) is 55.5 Å². The molecule has 0 amide bonds. The fourth-order valence-electron chi connectivity index (χ4n) is 2.67. The average molecular weight is 346 g/mol. The van der Waals surface area contributed by atoms with Crippen molar-refractivity contribution >= 4 is 11.8 Å². The fraction of sp³-hybridized carbons (Fsp3) is 0.143. The summed E-state index contributed by atoms with van der Waals surface area (Å²) in [6.45, 7) is 2.28. The molecule has 0 radical (unpaired) electrons. The van der Waals surface area contributed by atoms with Crippen molar-refractivity contribution < 1.29 is 0 Å². The summed E-state index contributed by atoms with van der Waals surface area (Å²) < 4.78 is 1.70. The summed E-state index contributed by atoms with van der Waals surface area (Å²) in [4.78, 5) is 12.6. The molecule has 3 aromatic rings. The molecule has 0 unspecified atom stereocenters.